The number of anilines is 1. The van der Waals surface area contributed by atoms with Crippen LogP contribution in [0.1, 0.15) is 38.2 Å². The Labute approximate surface area is 176 Å². The fraction of sp³-hybridized carbons (Fsp3) is 0.417. The van der Waals surface area contributed by atoms with Crippen LogP contribution in [0, 0.1) is 11.3 Å². The van der Waals surface area contributed by atoms with Crippen molar-refractivity contribution in [1.29, 1.82) is 5.26 Å². The van der Waals surface area contributed by atoms with E-state index in [2.05, 4.69) is 24.0 Å². The van der Waals surface area contributed by atoms with Crippen molar-refractivity contribution in [3.05, 3.63) is 47.5 Å². The number of aliphatic hydroxyl groups excluding tert-OH is 3. The molecule has 0 aliphatic carbocycles. The first-order chi connectivity index (χ1) is 14.5. The lowest BCUT2D eigenvalue weighted by atomic mass is 9.93. The van der Waals surface area contributed by atoms with Gasteiger partial charge in [-0.15, -0.1) is 0 Å². The van der Waals surface area contributed by atoms with Gasteiger partial charge in [0.1, 0.15) is 12.2 Å². The number of hydrogen-bond acceptors (Lipinski definition) is 6. The number of fused-ring (bicyclic) bond motifs is 1. The number of rotatable bonds is 9. The van der Waals surface area contributed by atoms with E-state index in [-0.39, 0.29) is 18.4 Å². The molecule has 0 amide bonds. The lowest BCUT2D eigenvalue weighted by Gasteiger charge is -2.44. The van der Waals surface area contributed by atoms with Crippen molar-refractivity contribution in [1.82, 2.24) is 0 Å². The Hall–Kier alpha value is -2.72. The highest BCUT2D eigenvalue weighted by Crippen LogP contribution is 2.38. The molecule has 30 heavy (non-hydrogen) atoms. The lowest BCUT2D eigenvalue weighted by Crippen LogP contribution is -2.47. The molecule has 1 aliphatic rings. The van der Waals surface area contributed by atoms with Gasteiger partial charge < -0.3 is 20.2 Å². The third-order valence-corrected chi connectivity index (χ3v) is 5.85. The van der Waals surface area contributed by atoms with E-state index < -0.39 is 24.6 Å². The van der Waals surface area contributed by atoms with Crippen molar-refractivity contribution < 1.29 is 20.1 Å². The average molecular weight is 408 g/mol. The molecule has 0 radical (unpaired) electrons. The standard InChI is InChI=1S/C24H28N2O4/c1-2-19-11-12-26(19)24-17(8-7-16-5-3-4-6-20(16)24)13-18(14-25)21(28)9-10-22(29)23(30)15-27/h3-8,13,19,22-23,27,29-30H,2,9-12,15H2,1H3/b18-13+. The summed E-state index contributed by atoms with van der Waals surface area (Å²) in [7, 11) is 0. The van der Waals surface area contributed by atoms with Crippen molar-refractivity contribution in [3.63, 3.8) is 0 Å². The second kappa shape index (κ2) is 9.86. The van der Waals surface area contributed by atoms with Gasteiger partial charge in [0, 0.05) is 24.4 Å². The van der Waals surface area contributed by atoms with Gasteiger partial charge in [0.2, 0.25) is 0 Å². The number of carbonyl (C=O) groups excluding carboxylic acids is 1. The zero-order valence-electron chi connectivity index (χ0n) is 17.2. The zero-order valence-corrected chi connectivity index (χ0v) is 17.2. The predicted octanol–water partition coefficient (Wildman–Crippen LogP) is 2.80. The van der Waals surface area contributed by atoms with Gasteiger partial charge in [-0.25, -0.2) is 0 Å². The summed E-state index contributed by atoms with van der Waals surface area (Å²) >= 11 is 0. The van der Waals surface area contributed by atoms with E-state index in [1.165, 1.54) is 0 Å². The minimum Gasteiger partial charge on any atom is -0.394 e. The molecule has 1 heterocycles. The maximum Gasteiger partial charge on any atom is 0.173 e. The highest BCUT2D eigenvalue weighted by atomic mass is 16.4. The number of carbonyl (C=O) groups is 1. The van der Waals surface area contributed by atoms with Crippen LogP contribution in [-0.4, -0.2) is 52.5 Å². The summed E-state index contributed by atoms with van der Waals surface area (Å²) in [6.45, 7) is 2.52. The van der Waals surface area contributed by atoms with Crippen LogP contribution in [0.4, 0.5) is 5.69 Å². The average Bonchev–Trinajstić information content (AvgIpc) is 2.75. The number of benzene rings is 2. The molecule has 158 valence electrons. The summed E-state index contributed by atoms with van der Waals surface area (Å²) in [6, 6.07) is 14.5. The fourth-order valence-electron chi connectivity index (χ4n) is 3.93. The molecular weight excluding hydrogens is 380 g/mol. The number of nitriles is 1. The highest BCUT2D eigenvalue weighted by molar-refractivity contribution is 6.06. The first-order valence-electron chi connectivity index (χ1n) is 10.4. The van der Waals surface area contributed by atoms with Gasteiger partial charge in [-0.1, -0.05) is 43.3 Å². The molecule has 0 bridgehead atoms. The van der Waals surface area contributed by atoms with Gasteiger partial charge in [-0.2, -0.15) is 5.26 Å². The Bertz CT molecular complexity index is 977. The number of Topliss-reactive ketones (excluding diaryl/α,β-unsaturated/α-hetero) is 1. The molecule has 1 fully saturated rings. The van der Waals surface area contributed by atoms with E-state index >= 15 is 0 Å². The van der Waals surface area contributed by atoms with E-state index in [9.17, 15) is 20.3 Å². The fourth-order valence-corrected chi connectivity index (χ4v) is 3.93. The third kappa shape index (κ3) is 4.54. The molecular formula is C24H28N2O4. The van der Waals surface area contributed by atoms with Crippen LogP contribution < -0.4 is 4.90 Å². The molecule has 1 aliphatic heterocycles. The molecule has 2 aromatic rings. The number of ketones is 1. The normalized spacial score (nSPS) is 18.6. The number of hydrogen-bond donors (Lipinski definition) is 3. The van der Waals surface area contributed by atoms with Gasteiger partial charge in [-0.05, 0) is 36.3 Å². The molecule has 0 spiro atoms. The predicted molar refractivity (Wildman–Crippen MR) is 117 cm³/mol. The quantitative estimate of drug-likeness (QED) is 0.435. The molecule has 3 unspecified atom stereocenters. The summed E-state index contributed by atoms with van der Waals surface area (Å²) < 4.78 is 0. The van der Waals surface area contributed by atoms with Crippen molar-refractivity contribution in [2.75, 3.05) is 18.1 Å². The van der Waals surface area contributed by atoms with E-state index in [0.717, 1.165) is 41.4 Å². The van der Waals surface area contributed by atoms with E-state index in [1.807, 2.05) is 30.3 Å². The van der Waals surface area contributed by atoms with Crippen LogP contribution in [0.2, 0.25) is 0 Å². The molecule has 3 N–H and O–H groups in total. The Morgan fingerprint density at radius 2 is 2.03 bits per heavy atom. The second-order valence-corrected chi connectivity index (χ2v) is 7.72. The van der Waals surface area contributed by atoms with Gasteiger partial charge in [0.05, 0.1) is 24.0 Å². The van der Waals surface area contributed by atoms with Crippen LogP contribution in [0.5, 0.6) is 0 Å². The van der Waals surface area contributed by atoms with Crippen LogP contribution in [-0.2, 0) is 4.79 Å². The number of allylic oxidation sites excluding steroid dienone is 1. The molecule has 3 rings (SSSR count). The van der Waals surface area contributed by atoms with Crippen molar-refractivity contribution >= 4 is 28.3 Å². The maximum absolute atomic E-state index is 12.6. The molecule has 6 heteroatoms. The van der Waals surface area contributed by atoms with E-state index in [1.54, 1.807) is 6.08 Å². The largest absolute Gasteiger partial charge is 0.394 e. The van der Waals surface area contributed by atoms with Gasteiger partial charge in [0.25, 0.3) is 0 Å². The molecule has 1 saturated heterocycles. The maximum atomic E-state index is 12.6. The second-order valence-electron chi connectivity index (χ2n) is 7.72. The first-order valence-corrected chi connectivity index (χ1v) is 10.4. The summed E-state index contributed by atoms with van der Waals surface area (Å²) in [5.41, 5.74) is 1.89. The van der Waals surface area contributed by atoms with Gasteiger partial charge >= 0.3 is 0 Å². The summed E-state index contributed by atoms with van der Waals surface area (Å²) in [5, 5.41) is 39.9. The minimum absolute atomic E-state index is 0.0193. The highest BCUT2D eigenvalue weighted by Gasteiger charge is 2.29. The number of aliphatic hydroxyl groups is 3. The van der Waals surface area contributed by atoms with Crippen molar-refractivity contribution in [2.24, 2.45) is 0 Å². The van der Waals surface area contributed by atoms with Gasteiger partial charge in [0.15, 0.2) is 5.78 Å². The van der Waals surface area contributed by atoms with Crippen molar-refractivity contribution in [2.45, 2.75) is 50.9 Å². The Balaban J connectivity index is 1.93. The SMILES string of the molecule is CCC1CCN1c1c(/C=C(\C#N)C(=O)CCC(O)C(O)CO)ccc2ccccc12. The number of nitrogens with zero attached hydrogens (tertiary/aromatic N) is 2. The summed E-state index contributed by atoms with van der Waals surface area (Å²) in [5.74, 6) is -0.392. The lowest BCUT2D eigenvalue weighted by molar-refractivity contribution is -0.116. The topological polar surface area (TPSA) is 105 Å². The van der Waals surface area contributed by atoms with E-state index in [4.69, 9.17) is 5.11 Å². The first kappa shape index (κ1) is 22.0. The minimum atomic E-state index is -1.29. The Morgan fingerprint density at radius 1 is 1.27 bits per heavy atom. The molecule has 6 nitrogen and oxygen atoms in total. The monoisotopic (exact) mass is 408 g/mol. The van der Waals surface area contributed by atoms with Crippen LogP contribution >= 0.6 is 0 Å². The molecule has 0 saturated carbocycles. The van der Waals surface area contributed by atoms with Crippen molar-refractivity contribution in [3.8, 4) is 6.07 Å². The van der Waals surface area contributed by atoms with Crippen LogP contribution in [0.3, 0.4) is 0 Å². The smallest absolute Gasteiger partial charge is 0.173 e. The summed E-state index contributed by atoms with van der Waals surface area (Å²) in [4.78, 5) is 14.9. The summed E-state index contributed by atoms with van der Waals surface area (Å²) in [6.07, 6.45) is 1.18. The Morgan fingerprint density at radius 3 is 2.67 bits per heavy atom. The zero-order chi connectivity index (χ0) is 21.7. The molecule has 0 aromatic heterocycles. The Kier molecular flexibility index (Phi) is 7.22. The van der Waals surface area contributed by atoms with E-state index in [0.29, 0.717) is 6.04 Å². The molecule has 3 atom stereocenters. The molecule has 2 aromatic carbocycles. The van der Waals surface area contributed by atoms with Crippen LogP contribution in [0.25, 0.3) is 16.8 Å². The third-order valence-electron chi connectivity index (χ3n) is 5.85. The van der Waals surface area contributed by atoms with Gasteiger partial charge in [-0.3, -0.25) is 4.79 Å². The van der Waals surface area contributed by atoms with Crippen LogP contribution in [0.15, 0.2) is 42.0 Å².